The van der Waals surface area contributed by atoms with Gasteiger partial charge in [0.05, 0.1) is 5.69 Å². The van der Waals surface area contributed by atoms with E-state index >= 15 is 0 Å². The largest absolute Gasteiger partial charge is 0.379 e. The van der Waals surface area contributed by atoms with Crippen LogP contribution in [-0.2, 0) is 0 Å². The molecule has 1 N–H and O–H groups in total. The molecule has 0 aliphatic heterocycles. The highest BCUT2D eigenvalue weighted by molar-refractivity contribution is 5.47. The Kier molecular flexibility index (Phi) is 2.61. The highest BCUT2D eigenvalue weighted by atomic mass is 19.1. The van der Waals surface area contributed by atoms with Gasteiger partial charge in [-0.3, -0.25) is 0 Å². The van der Waals surface area contributed by atoms with Crippen molar-refractivity contribution < 1.29 is 4.39 Å². The number of halogens is 1. The van der Waals surface area contributed by atoms with Crippen molar-refractivity contribution in [3.8, 4) is 0 Å². The molecule has 4 aliphatic carbocycles. The lowest BCUT2D eigenvalue weighted by Crippen LogP contribution is -2.51. The van der Waals surface area contributed by atoms with Crippen LogP contribution in [0.4, 0.5) is 10.1 Å². The Balaban J connectivity index is 1.56. The predicted octanol–water partition coefficient (Wildman–Crippen LogP) is 4.37. The summed E-state index contributed by atoms with van der Waals surface area (Å²) in [4.78, 5) is 0. The fourth-order valence-electron chi connectivity index (χ4n) is 5.08. The van der Waals surface area contributed by atoms with Crippen molar-refractivity contribution in [1.29, 1.82) is 0 Å². The third-order valence-corrected chi connectivity index (χ3v) is 5.67. The SMILES string of the molecule is Cc1ccc(NC2C3CC4CC(C3)CC2C4)c(F)c1. The van der Waals surface area contributed by atoms with Gasteiger partial charge in [-0.25, -0.2) is 4.39 Å². The summed E-state index contributed by atoms with van der Waals surface area (Å²) < 4.78 is 14.0. The maximum atomic E-state index is 14.0. The molecule has 1 aromatic carbocycles. The molecule has 4 fully saturated rings. The fraction of sp³-hybridized carbons (Fsp3) is 0.647. The topological polar surface area (TPSA) is 12.0 Å². The Hall–Kier alpha value is -1.05. The van der Waals surface area contributed by atoms with Crippen molar-refractivity contribution in [2.45, 2.75) is 45.1 Å². The molecule has 0 heterocycles. The second-order valence-corrected chi connectivity index (χ2v) is 7.08. The smallest absolute Gasteiger partial charge is 0.146 e. The van der Waals surface area contributed by atoms with E-state index in [9.17, 15) is 4.39 Å². The van der Waals surface area contributed by atoms with E-state index in [2.05, 4.69) is 5.32 Å². The Morgan fingerprint density at radius 3 is 2.21 bits per heavy atom. The molecule has 0 amide bonds. The second-order valence-electron chi connectivity index (χ2n) is 7.08. The molecule has 1 aromatic rings. The predicted molar refractivity (Wildman–Crippen MR) is 75.6 cm³/mol. The zero-order chi connectivity index (χ0) is 13.0. The number of aryl methyl sites for hydroxylation is 1. The first-order chi connectivity index (χ1) is 9.19. The van der Waals surface area contributed by atoms with Gasteiger partial charge in [0.25, 0.3) is 0 Å². The summed E-state index contributed by atoms with van der Waals surface area (Å²) in [5.41, 5.74) is 1.70. The van der Waals surface area contributed by atoms with Crippen molar-refractivity contribution >= 4 is 5.69 Å². The van der Waals surface area contributed by atoms with Gasteiger partial charge in [0, 0.05) is 6.04 Å². The Bertz CT molecular complexity index is 468. The van der Waals surface area contributed by atoms with Gasteiger partial charge in [0.2, 0.25) is 0 Å². The summed E-state index contributed by atoms with van der Waals surface area (Å²) >= 11 is 0. The van der Waals surface area contributed by atoms with Gasteiger partial charge < -0.3 is 5.32 Å². The lowest BCUT2D eigenvalue weighted by molar-refractivity contribution is 0.00744. The van der Waals surface area contributed by atoms with Crippen LogP contribution in [0.2, 0.25) is 0 Å². The molecule has 0 atom stereocenters. The average Bonchev–Trinajstić information content (AvgIpc) is 2.35. The van der Waals surface area contributed by atoms with Gasteiger partial charge in [-0.1, -0.05) is 6.07 Å². The molecule has 1 nitrogen and oxygen atoms in total. The summed E-state index contributed by atoms with van der Waals surface area (Å²) in [6.07, 6.45) is 6.96. The number of hydrogen-bond donors (Lipinski definition) is 1. The minimum absolute atomic E-state index is 0.0891. The maximum absolute atomic E-state index is 14.0. The minimum Gasteiger partial charge on any atom is -0.379 e. The van der Waals surface area contributed by atoms with Gasteiger partial charge >= 0.3 is 0 Å². The molecular weight excluding hydrogens is 237 g/mol. The summed E-state index contributed by atoms with van der Waals surface area (Å²) in [5, 5.41) is 3.54. The third kappa shape index (κ3) is 1.96. The molecule has 5 rings (SSSR count). The number of rotatable bonds is 2. The van der Waals surface area contributed by atoms with Crippen LogP contribution in [0.5, 0.6) is 0 Å². The van der Waals surface area contributed by atoms with Crippen LogP contribution < -0.4 is 5.32 Å². The van der Waals surface area contributed by atoms with E-state index in [4.69, 9.17) is 0 Å². The Morgan fingerprint density at radius 2 is 1.63 bits per heavy atom. The first kappa shape index (κ1) is 11.7. The van der Waals surface area contributed by atoms with E-state index < -0.39 is 0 Å². The van der Waals surface area contributed by atoms with Gasteiger partial charge in [-0.15, -0.1) is 0 Å². The monoisotopic (exact) mass is 259 g/mol. The van der Waals surface area contributed by atoms with Crippen LogP contribution in [-0.4, -0.2) is 6.04 Å². The van der Waals surface area contributed by atoms with E-state index in [1.807, 2.05) is 19.1 Å². The lowest BCUT2D eigenvalue weighted by Gasteiger charge is -2.54. The highest BCUT2D eigenvalue weighted by Gasteiger charge is 2.48. The van der Waals surface area contributed by atoms with E-state index in [1.165, 1.54) is 32.1 Å². The molecular formula is C17H22FN. The highest BCUT2D eigenvalue weighted by Crippen LogP contribution is 2.54. The average molecular weight is 259 g/mol. The van der Waals surface area contributed by atoms with Gasteiger partial charge in [0.15, 0.2) is 0 Å². The number of hydrogen-bond acceptors (Lipinski definition) is 1. The van der Waals surface area contributed by atoms with E-state index in [1.54, 1.807) is 6.07 Å². The van der Waals surface area contributed by atoms with Crippen molar-refractivity contribution in [2.75, 3.05) is 5.32 Å². The minimum atomic E-state index is -0.0891. The van der Waals surface area contributed by atoms with Crippen LogP contribution >= 0.6 is 0 Å². The standard InChI is InChI=1S/C17H22FN/c1-10-2-3-16(15(18)4-10)19-17-13-6-11-5-12(8-13)9-14(17)7-11/h2-4,11-14,17,19H,5-9H2,1H3. The van der Waals surface area contributed by atoms with Crippen LogP contribution in [0.1, 0.15) is 37.7 Å². The summed E-state index contributed by atoms with van der Waals surface area (Å²) in [6, 6.07) is 6.07. The normalized spacial score (nSPS) is 39.6. The van der Waals surface area contributed by atoms with Crippen LogP contribution in [0.3, 0.4) is 0 Å². The van der Waals surface area contributed by atoms with Gasteiger partial charge in [-0.05, 0) is 80.4 Å². The molecule has 0 radical (unpaired) electrons. The molecule has 2 heteroatoms. The van der Waals surface area contributed by atoms with E-state index in [-0.39, 0.29) is 5.82 Å². The quantitative estimate of drug-likeness (QED) is 0.831. The number of anilines is 1. The van der Waals surface area contributed by atoms with Crippen LogP contribution in [0, 0.1) is 36.4 Å². The molecule has 4 saturated carbocycles. The Morgan fingerprint density at radius 1 is 1.00 bits per heavy atom. The molecule has 4 bridgehead atoms. The zero-order valence-electron chi connectivity index (χ0n) is 11.5. The molecule has 4 aliphatic rings. The summed E-state index contributed by atoms with van der Waals surface area (Å²) in [5.74, 6) is 3.44. The molecule has 102 valence electrons. The van der Waals surface area contributed by atoms with E-state index in [0.717, 1.165) is 29.2 Å². The Labute approximate surface area is 114 Å². The maximum Gasteiger partial charge on any atom is 0.146 e. The fourth-order valence-corrected chi connectivity index (χ4v) is 5.08. The second kappa shape index (κ2) is 4.22. The van der Waals surface area contributed by atoms with Crippen LogP contribution in [0.25, 0.3) is 0 Å². The first-order valence-electron chi connectivity index (χ1n) is 7.71. The van der Waals surface area contributed by atoms with E-state index in [0.29, 0.717) is 11.7 Å². The van der Waals surface area contributed by atoms with Gasteiger partial charge in [0.1, 0.15) is 5.82 Å². The van der Waals surface area contributed by atoms with Crippen molar-refractivity contribution in [1.82, 2.24) is 0 Å². The number of benzene rings is 1. The lowest BCUT2D eigenvalue weighted by atomic mass is 9.54. The van der Waals surface area contributed by atoms with Crippen molar-refractivity contribution in [3.63, 3.8) is 0 Å². The molecule has 0 aromatic heterocycles. The summed E-state index contributed by atoms with van der Waals surface area (Å²) in [6.45, 7) is 1.94. The third-order valence-electron chi connectivity index (χ3n) is 5.67. The molecule has 19 heavy (non-hydrogen) atoms. The molecule has 0 unspecified atom stereocenters. The zero-order valence-corrected chi connectivity index (χ0v) is 11.5. The van der Waals surface area contributed by atoms with Crippen molar-refractivity contribution in [3.05, 3.63) is 29.6 Å². The van der Waals surface area contributed by atoms with Crippen molar-refractivity contribution in [2.24, 2.45) is 23.7 Å². The van der Waals surface area contributed by atoms with Crippen LogP contribution in [0.15, 0.2) is 18.2 Å². The molecule has 0 saturated heterocycles. The van der Waals surface area contributed by atoms with Gasteiger partial charge in [-0.2, -0.15) is 0 Å². The summed E-state index contributed by atoms with van der Waals surface area (Å²) in [7, 11) is 0. The first-order valence-corrected chi connectivity index (χ1v) is 7.71. The number of nitrogens with one attached hydrogen (secondary N) is 1. The molecule has 0 spiro atoms.